The van der Waals surface area contributed by atoms with Crippen LogP contribution < -0.4 is 4.74 Å². The van der Waals surface area contributed by atoms with E-state index in [4.69, 9.17) is 9.47 Å². The largest absolute Gasteiger partial charge is 0.493 e. The first-order valence-electron chi connectivity index (χ1n) is 8.64. The number of pyridine rings is 1. The zero-order valence-electron chi connectivity index (χ0n) is 15.3. The van der Waals surface area contributed by atoms with E-state index in [1.54, 1.807) is 13.3 Å². The van der Waals surface area contributed by atoms with Gasteiger partial charge in [-0.1, -0.05) is 6.07 Å². The summed E-state index contributed by atoms with van der Waals surface area (Å²) in [6.45, 7) is 5.15. The number of Topliss-reactive ketones (excluding diaryl/α,β-unsaturated/α-hetero) is 1. The Balaban J connectivity index is 1.73. The normalized spacial score (nSPS) is 11.0. The predicted molar refractivity (Wildman–Crippen MR) is 99.8 cm³/mol. The lowest BCUT2D eigenvalue weighted by molar-refractivity contribution is 0.0983. The molecule has 2 aromatic heterocycles. The van der Waals surface area contributed by atoms with E-state index in [0.29, 0.717) is 24.7 Å². The lowest BCUT2D eigenvalue weighted by atomic mass is 10.1. The van der Waals surface area contributed by atoms with Gasteiger partial charge in [0.2, 0.25) is 5.78 Å². The smallest absolute Gasteiger partial charge is 0.204 e. The fourth-order valence-corrected chi connectivity index (χ4v) is 2.77. The second kappa shape index (κ2) is 8.10. The van der Waals surface area contributed by atoms with Gasteiger partial charge in [0.1, 0.15) is 5.75 Å². The first-order chi connectivity index (χ1) is 12.6. The van der Waals surface area contributed by atoms with Crippen molar-refractivity contribution < 1.29 is 14.3 Å². The summed E-state index contributed by atoms with van der Waals surface area (Å²) in [6.07, 6.45) is 2.66. The van der Waals surface area contributed by atoms with Crippen LogP contribution in [0.5, 0.6) is 5.75 Å². The number of benzene rings is 1. The number of rotatable bonds is 8. The van der Waals surface area contributed by atoms with Crippen molar-refractivity contribution in [1.29, 1.82) is 0 Å². The zero-order chi connectivity index (χ0) is 18.5. The van der Waals surface area contributed by atoms with Crippen LogP contribution in [-0.4, -0.2) is 41.1 Å². The Labute approximate surface area is 152 Å². The molecule has 0 saturated carbocycles. The molecule has 0 radical (unpaired) electrons. The Hall–Kier alpha value is -2.73. The van der Waals surface area contributed by atoms with Crippen LogP contribution in [0.1, 0.15) is 33.9 Å². The first kappa shape index (κ1) is 18.1. The van der Waals surface area contributed by atoms with Crippen molar-refractivity contribution in [2.45, 2.75) is 26.7 Å². The number of imidazole rings is 1. The molecule has 3 aromatic rings. The standard InChI is InChI=1S/C20H23N3O3/c1-13-5-6-15-17(11-13)23-20(22-15)18(24)12-16-14(2)19(7-8-21-16)26-10-4-9-25-3/h5-8,11H,4,9-10,12H2,1-3H3,(H,22,23). The highest BCUT2D eigenvalue weighted by Gasteiger charge is 2.16. The molecule has 0 aliphatic carbocycles. The van der Waals surface area contributed by atoms with Gasteiger partial charge in [0.25, 0.3) is 0 Å². The molecule has 6 nitrogen and oxygen atoms in total. The number of ketones is 1. The third-order valence-electron chi connectivity index (χ3n) is 4.24. The molecule has 6 heteroatoms. The molecule has 0 unspecified atom stereocenters. The van der Waals surface area contributed by atoms with Crippen molar-refractivity contribution in [2.24, 2.45) is 0 Å². The summed E-state index contributed by atoms with van der Waals surface area (Å²) in [5.74, 6) is 1.02. The monoisotopic (exact) mass is 353 g/mol. The Morgan fingerprint density at radius 1 is 1.19 bits per heavy atom. The topological polar surface area (TPSA) is 77.1 Å². The number of carbonyl (C=O) groups is 1. The molecule has 0 fully saturated rings. The lowest BCUT2D eigenvalue weighted by Gasteiger charge is -2.11. The Morgan fingerprint density at radius 2 is 2.04 bits per heavy atom. The molecule has 1 aromatic carbocycles. The van der Waals surface area contributed by atoms with Crippen LogP contribution in [0.3, 0.4) is 0 Å². The van der Waals surface area contributed by atoms with Crippen LogP contribution >= 0.6 is 0 Å². The van der Waals surface area contributed by atoms with Crippen LogP contribution in [0.25, 0.3) is 11.0 Å². The second-order valence-electron chi connectivity index (χ2n) is 6.28. The number of H-pyrrole nitrogens is 1. The van der Waals surface area contributed by atoms with Crippen molar-refractivity contribution in [3.8, 4) is 5.75 Å². The number of nitrogens with zero attached hydrogens (tertiary/aromatic N) is 2. The van der Waals surface area contributed by atoms with Crippen molar-refractivity contribution >= 4 is 16.8 Å². The van der Waals surface area contributed by atoms with Crippen LogP contribution in [-0.2, 0) is 11.2 Å². The molecule has 0 aliphatic heterocycles. The maximum absolute atomic E-state index is 12.6. The number of hydrogen-bond donors (Lipinski definition) is 1. The molecule has 0 aliphatic rings. The number of aromatic nitrogens is 3. The van der Waals surface area contributed by atoms with Gasteiger partial charge in [-0.25, -0.2) is 4.98 Å². The highest BCUT2D eigenvalue weighted by Crippen LogP contribution is 2.21. The Kier molecular flexibility index (Phi) is 5.63. The Bertz CT molecular complexity index is 918. The number of methoxy groups -OCH3 is 1. The summed E-state index contributed by atoms with van der Waals surface area (Å²) in [4.78, 5) is 24.5. The molecular weight excluding hydrogens is 330 g/mol. The molecule has 0 spiro atoms. The number of aromatic amines is 1. The van der Waals surface area contributed by atoms with Crippen LogP contribution in [0.4, 0.5) is 0 Å². The molecule has 0 amide bonds. The van der Waals surface area contributed by atoms with Gasteiger partial charge in [-0.15, -0.1) is 0 Å². The van der Waals surface area contributed by atoms with Crippen molar-refractivity contribution in [1.82, 2.24) is 15.0 Å². The average Bonchev–Trinajstić information content (AvgIpc) is 3.05. The molecule has 0 atom stereocenters. The van der Waals surface area contributed by atoms with E-state index in [1.807, 2.05) is 38.1 Å². The third-order valence-corrected chi connectivity index (χ3v) is 4.24. The van der Waals surface area contributed by atoms with Crippen molar-refractivity contribution in [3.05, 3.63) is 53.1 Å². The average molecular weight is 353 g/mol. The maximum Gasteiger partial charge on any atom is 0.204 e. The number of hydrogen-bond acceptors (Lipinski definition) is 5. The summed E-state index contributed by atoms with van der Waals surface area (Å²) in [5, 5.41) is 0. The first-order valence-corrected chi connectivity index (χ1v) is 8.64. The molecule has 0 bridgehead atoms. The van der Waals surface area contributed by atoms with Gasteiger partial charge in [0, 0.05) is 31.9 Å². The van der Waals surface area contributed by atoms with E-state index in [1.165, 1.54) is 0 Å². The number of ether oxygens (including phenoxy) is 2. The van der Waals surface area contributed by atoms with Crippen molar-refractivity contribution in [3.63, 3.8) is 0 Å². The summed E-state index contributed by atoms with van der Waals surface area (Å²) in [5.41, 5.74) is 4.37. The van der Waals surface area contributed by atoms with Gasteiger partial charge in [0.05, 0.1) is 29.8 Å². The maximum atomic E-state index is 12.6. The summed E-state index contributed by atoms with van der Waals surface area (Å²) in [6, 6.07) is 7.70. The van der Waals surface area contributed by atoms with E-state index < -0.39 is 0 Å². The SMILES string of the molecule is COCCCOc1ccnc(CC(=O)c2nc3ccc(C)cc3[nH]2)c1C. The molecular formula is C20H23N3O3. The third kappa shape index (κ3) is 4.08. The number of aryl methyl sites for hydroxylation is 1. The minimum Gasteiger partial charge on any atom is -0.493 e. The number of fused-ring (bicyclic) bond motifs is 1. The summed E-state index contributed by atoms with van der Waals surface area (Å²) >= 11 is 0. The summed E-state index contributed by atoms with van der Waals surface area (Å²) in [7, 11) is 1.67. The number of nitrogens with one attached hydrogen (secondary N) is 1. The predicted octanol–water partition coefficient (Wildman–Crippen LogP) is 3.42. The second-order valence-corrected chi connectivity index (χ2v) is 6.28. The fourth-order valence-electron chi connectivity index (χ4n) is 2.77. The number of carbonyl (C=O) groups excluding carboxylic acids is 1. The van der Waals surface area contributed by atoms with Gasteiger partial charge in [-0.3, -0.25) is 9.78 Å². The summed E-state index contributed by atoms with van der Waals surface area (Å²) < 4.78 is 10.8. The minimum absolute atomic E-state index is 0.0917. The van der Waals surface area contributed by atoms with E-state index in [2.05, 4.69) is 15.0 Å². The van der Waals surface area contributed by atoms with E-state index in [0.717, 1.165) is 34.3 Å². The lowest BCUT2D eigenvalue weighted by Crippen LogP contribution is -2.10. The quantitative estimate of drug-likeness (QED) is 0.496. The van der Waals surface area contributed by atoms with Gasteiger partial charge < -0.3 is 14.5 Å². The molecule has 2 heterocycles. The molecule has 26 heavy (non-hydrogen) atoms. The highest BCUT2D eigenvalue weighted by molar-refractivity contribution is 5.97. The van der Waals surface area contributed by atoms with Gasteiger partial charge in [0.15, 0.2) is 5.82 Å². The van der Waals surface area contributed by atoms with Gasteiger partial charge in [-0.2, -0.15) is 0 Å². The van der Waals surface area contributed by atoms with Gasteiger partial charge >= 0.3 is 0 Å². The van der Waals surface area contributed by atoms with Gasteiger partial charge in [-0.05, 0) is 37.6 Å². The zero-order valence-corrected chi connectivity index (χ0v) is 15.3. The van der Waals surface area contributed by atoms with Crippen LogP contribution in [0.15, 0.2) is 30.5 Å². The molecule has 136 valence electrons. The van der Waals surface area contributed by atoms with E-state index >= 15 is 0 Å². The van der Waals surface area contributed by atoms with E-state index in [-0.39, 0.29) is 12.2 Å². The Morgan fingerprint density at radius 3 is 2.85 bits per heavy atom. The van der Waals surface area contributed by atoms with E-state index in [9.17, 15) is 4.79 Å². The van der Waals surface area contributed by atoms with Crippen molar-refractivity contribution in [2.75, 3.05) is 20.3 Å². The minimum atomic E-state index is -0.0917. The van der Waals surface area contributed by atoms with Crippen LogP contribution in [0.2, 0.25) is 0 Å². The fraction of sp³-hybridized carbons (Fsp3) is 0.350. The molecule has 3 rings (SSSR count). The molecule has 1 N–H and O–H groups in total. The molecule has 0 saturated heterocycles. The highest BCUT2D eigenvalue weighted by atomic mass is 16.5. The van der Waals surface area contributed by atoms with Crippen LogP contribution in [0, 0.1) is 13.8 Å².